The van der Waals surface area contributed by atoms with E-state index in [0.29, 0.717) is 5.75 Å². The highest BCUT2D eigenvalue weighted by Gasteiger charge is 2.11. The molecule has 3 aromatic carbocycles. The number of benzene rings is 3. The van der Waals surface area contributed by atoms with Crippen LogP contribution in [0.15, 0.2) is 60.7 Å². The molecule has 28 heavy (non-hydrogen) atoms. The number of aliphatic hydroxyl groups excluding tert-OH is 1. The molecular weight excluding hydrogens is 354 g/mol. The van der Waals surface area contributed by atoms with Gasteiger partial charge in [0.15, 0.2) is 6.61 Å². The van der Waals surface area contributed by atoms with Crippen LogP contribution in [0.25, 0.3) is 10.8 Å². The van der Waals surface area contributed by atoms with Gasteiger partial charge in [0.2, 0.25) is 0 Å². The van der Waals surface area contributed by atoms with Crippen LogP contribution in [-0.2, 0) is 4.79 Å². The second-order valence-electron chi connectivity index (χ2n) is 6.76. The van der Waals surface area contributed by atoms with Gasteiger partial charge < -0.3 is 19.9 Å². The summed E-state index contributed by atoms with van der Waals surface area (Å²) < 4.78 is 11.4. The standard InChI is InChI=1S/C23H25NO4/c1-16-7-5-8-17(2)23(16)28-15-22(26)24-13-19(25)14-27-21-12-6-10-18-9-3-4-11-20(18)21/h3-12,19,25H,13-15H2,1-2H3,(H,24,26). The van der Waals surface area contributed by atoms with Crippen molar-refractivity contribution in [3.63, 3.8) is 0 Å². The van der Waals surface area contributed by atoms with Crippen molar-refractivity contribution in [1.82, 2.24) is 5.32 Å². The lowest BCUT2D eigenvalue weighted by atomic mass is 10.1. The number of nitrogens with one attached hydrogen (secondary N) is 1. The van der Waals surface area contributed by atoms with Crippen LogP contribution in [0.4, 0.5) is 0 Å². The summed E-state index contributed by atoms with van der Waals surface area (Å²) in [6.07, 6.45) is -0.817. The van der Waals surface area contributed by atoms with Gasteiger partial charge in [-0.2, -0.15) is 0 Å². The number of hydrogen-bond donors (Lipinski definition) is 2. The van der Waals surface area contributed by atoms with Gasteiger partial charge in [-0.1, -0.05) is 54.6 Å². The fourth-order valence-corrected chi connectivity index (χ4v) is 3.01. The number of amides is 1. The van der Waals surface area contributed by atoms with E-state index in [2.05, 4.69) is 5.32 Å². The minimum atomic E-state index is -0.817. The molecule has 0 heterocycles. The van der Waals surface area contributed by atoms with E-state index in [-0.39, 0.29) is 25.7 Å². The molecule has 0 aromatic heterocycles. The molecule has 3 rings (SSSR count). The molecule has 0 radical (unpaired) electrons. The Bertz CT molecular complexity index is 929. The predicted molar refractivity (Wildman–Crippen MR) is 110 cm³/mol. The number of rotatable bonds is 8. The van der Waals surface area contributed by atoms with Crippen LogP contribution in [0, 0.1) is 13.8 Å². The number of ether oxygens (including phenoxy) is 2. The molecule has 3 aromatic rings. The molecule has 0 fully saturated rings. The Kier molecular flexibility index (Phi) is 6.50. The number of aryl methyl sites for hydroxylation is 2. The summed E-state index contributed by atoms with van der Waals surface area (Å²) in [5.74, 6) is 1.14. The zero-order chi connectivity index (χ0) is 19.9. The summed E-state index contributed by atoms with van der Waals surface area (Å²) in [5.41, 5.74) is 1.97. The average molecular weight is 379 g/mol. The molecule has 0 bridgehead atoms. The van der Waals surface area contributed by atoms with Crippen LogP contribution in [0.5, 0.6) is 11.5 Å². The zero-order valence-corrected chi connectivity index (χ0v) is 16.1. The van der Waals surface area contributed by atoms with Crippen LogP contribution >= 0.6 is 0 Å². The maximum atomic E-state index is 12.0. The number of aliphatic hydroxyl groups is 1. The van der Waals surface area contributed by atoms with E-state index in [4.69, 9.17) is 9.47 Å². The van der Waals surface area contributed by atoms with Crippen LogP contribution < -0.4 is 14.8 Å². The lowest BCUT2D eigenvalue weighted by Crippen LogP contribution is -2.37. The number of carbonyl (C=O) groups is 1. The first-order valence-electron chi connectivity index (χ1n) is 9.29. The van der Waals surface area contributed by atoms with Gasteiger partial charge in [-0.3, -0.25) is 4.79 Å². The first kappa shape index (κ1) is 19.7. The van der Waals surface area contributed by atoms with Gasteiger partial charge in [0.25, 0.3) is 5.91 Å². The van der Waals surface area contributed by atoms with Crippen molar-refractivity contribution in [3.8, 4) is 11.5 Å². The normalized spacial score (nSPS) is 11.8. The van der Waals surface area contributed by atoms with Crippen LogP contribution in [-0.4, -0.2) is 36.9 Å². The first-order chi connectivity index (χ1) is 13.5. The van der Waals surface area contributed by atoms with E-state index in [0.717, 1.165) is 27.6 Å². The van der Waals surface area contributed by atoms with Crippen molar-refractivity contribution in [1.29, 1.82) is 0 Å². The molecule has 2 N–H and O–H groups in total. The van der Waals surface area contributed by atoms with E-state index < -0.39 is 6.10 Å². The van der Waals surface area contributed by atoms with Gasteiger partial charge in [0.1, 0.15) is 24.2 Å². The molecule has 1 atom stereocenters. The van der Waals surface area contributed by atoms with E-state index in [1.165, 1.54) is 0 Å². The van der Waals surface area contributed by atoms with Crippen molar-refractivity contribution >= 4 is 16.7 Å². The van der Waals surface area contributed by atoms with Crippen LogP contribution in [0.3, 0.4) is 0 Å². The van der Waals surface area contributed by atoms with Crippen LogP contribution in [0.1, 0.15) is 11.1 Å². The fraction of sp³-hybridized carbons (Fsp3) is 0.261. The largest absolute Gasteiger partial charge is 0.490 e. The zero-order valence-electron chi connectivity index (χ0n) is 16.1. The van der Waals surface area contributed by atoms with Gasteiger partial charge >= 0.3 is 0 Å². The van der Waals surface area contributed by atoms with Crippen molar-refractivity contribution in [2.24, 2.45) is 0 Å². The molecule has 146 valence electrons. The maximum absolute atomic E-state index is 12.0. The molecule has 0 saturated heterocycles. The summed E-state index contributed by atoms with van der Waals surface area (Å²) in [5, 5.41) is 14.9. The lowest BCUT2D eigenvalue weighted by Gasteiger charge is -2.15. The highest BCUT2D eigenvalue weighted by Crippen LogP contribution is 2.25. The number of para-hydroxylation sites is 1. The Morgan fingerprint density at radius 2 is 1.64 bits per heavy atom. The lowest BCUT2D eigenvalue weighted by molar-refractivity contribution is -0.123. The van der Waals surface area contributed by atoms with Crippen molar-refractivity contribution in [2.75, 3.05) is 19.8 Å². The van der Waals surface area contributed by atoms with E-state index in [9.17, 15) is 9.90 Å². The summed E-state index contributed by atoms with van der Waals surface area (Å²) in [6.45, 7) is 3.97. The molecule has 0 saturated carbocycles. The summed E-state index contributed by atoms with van der Waals surface area (Å²) >= 11 is 0. The van der Waals surface area contributed by atoms with Crippen LogP contribution in [0.2, 0.25) is 0 Å². The van der Waals surface area contributed by atoms with E-state index in [1.807, 2.05) is 74.5 Å². The van der Waals surface area contributed by atoms with Gasteiger partial charge in [-0.25, -0.2) is 0 Å². The third-order valence-electron chi connectivity index (χ3n) is 4.47. The minimum absolute atomic E-state index is 0.0893. The molecule has 0 aliphatic rings. The van der Waals surface area contributed by atoms with Crippen molar-refractivity contribution in [2.45, 2.75) is 20.0 Å². The molecule has 5 heteroatoms. The summed E-state index contributed by atoms with van der Waals surface area (Å²) in [7, 11) is 0. The maximum Gasteiger partial charge on any atom is 0.258 e. The monoisotopic (exact) mass is 379 g/mol. The number of fused-ring (bicyclic) bond motifs is 1. The molecule has 0 spiro atoms. The molecule has 1 unspecified atom stereocenters. The third-order valence-corrected chi connectivity index (χ3v) is 4.47. The summed E-state index contributed by atoms with van der Waals surface area (Å²) in [6, 6.07) is 19.5. The van der Waals surface area contributed by atoms with Gasteiger partial charge in [0, 0.05) is 11.9 Å². The van der Waals surface area contributed by atoms with Crippen molar-refractivity contribution < 1.29 is 19.4 Å². The Hall–Kier alpha value is -3.05. The van der Waals surface area contributed by atoms with E-state index in [1.54, 1.807) is 0 Å². The van der Waals surface area contributed by atoms with E-state index >= 15 is 0 Å². The Morgan fingerprint density at radius 3 is 2.43 bits per heavy atom. The average Bonchev–Trinajstić information content (AvgIpc) is 2.70. The highest BCUT2D eigenvalue weighted by molar-refractivity contribution is 5.88. The third kappa shape index (κ3) is 5.02. The Morgan fingerprint density at radius 1 is 0.964 bits per heavy atom. The minimum Gasteiger partial charge on any atom is -0.490 e. The Balaban J connectivity index is 1.45. The first-order valence-corrected chi connectivity index (χ1v) is 9.29. The second-order valence-corrected chi connectivity index (χ2v) is 6.76. The van der Waals surface area contributed by atoms with Gasteiger partial charge in [-0.05, 0) is 36.4 Å². The Labute approximate surface area is 164 Å². The second kappa shape index (κ2) is 9.24. The molecule has 0 aliphatic carbocycles. The quantitative estimate of drug-likeness (QED) is 0.630. The molecule has 1 amide bonds. The van der Waals surface area contributed by atoms with Gasteiger partial charge in [0.05, 0.1) is 0 Å². The number of hydrogen-bond acceptors (Lipinski definition) is 4. The van der Waals surface area contributed by atoms with Crippen molar-refractivity contribution in [3.05, 3.63) is 71.8 Å². The smallest absolute Gasteiger partial charge is 0.258 e. The molecule has 5 nitrogen and oxygen atoms in total. The number of carbonyl (C=O) groups excluding carboxylic acids is 1. The SMILES string of the molecule is Cc1cccc(C)c1OCC(=O)NCC(O)COc1cccc2ccccc12. The fourth-order valence-electron chi connectivity index (χ4n) is 3.01. The highest BCUT2D eigenvalue weighted by atomic mass is 16.5. The summed E-state index contributed by atoms with van der Waals surface area (Å²) in [4.78, 5) is 12.0. The molecule has 0 aliphatic heterocycles. The molecular formula is C23H25NO4. The van der Waals surface area contributed by atoms with Gasteiger partial charge in [-0.15, -0.1) is 0 Å². The predicted octanol–water partition coefficient (Wildman–Crippen LogP) is 3.39. The topological polar surface area (TPSA) is 67.8 Å².